The van der Waals surface area contributed by atoms with Crippen LogP contribution >= 0.6 is 0 Å². The van der Waals surface area contributed by atoms with Gasteiger partial charge in [-0.05, 0) is 31.2 Å². The van der Waals surface area contributed by atoms with Crippen molar-refractivity contribution in [3.63, 3.8) is 0 Å². The lowest BCUT2D eigenvalue weighted by Gasteiger charge is -2.30. The summed E-state index contributed by atoms with van der Waals surface area (Å²) in [6, 6.07) is 6.99. The summed E-state index contributed by atoms with van der Waals surface area (Å²) in [5.41, 5.74) is 2.27. The number of furan rings is 1. The summed E-state index contributed by atoms with van der Waals surface area (Å²) in [5, 5.41) is 5.66. The molecule has 8 nitrogen and oxygen atoms in total. The molecule has 1 unspecified atom stereocenters. The molecule has 3 N–H and O–H groups in total. The predicted molar refractivity (Wildman–Crippen MR) is 105 cm³/mol. The number of likely N-dealkylation sites (tertiary alicyclic amines) is 1. The zero-order valence-electron chi connectivity index (χ0n) is 16.7. The van der Waals surface area contributed by atoms with Crippen LogP contribution in [-0.4, -0.2) is 36.3 Å². The van der Waals surface area contributed by atoms with E-state index in [0.717, 1.165) is 19.4 Å². The zero-order valence-corrected chi connectivity index (χ0v) is 16.7. The number of nitrogens with one attached hydrogen (secondary N) is 3. The molecule has 1 fully saturated rings. The molecule has 0 bridgehead atoms. The molecule has 2 aliphatic heterocycles. The second kappa shape index (κ2) is 8.16. The number of amides is 2. The minimum Gasteiger partial charge on any atom is -0.467 e. The molecule has 154 valence electrons. The molecule has 0 aliphatic carbocycles. The molecular formula is C21H27N4O4+. The standard InChI is InChI=1S/C21H26N4O4/c1-3-28-20(26)18-14(22-21(27)23-19(18)17-9-6-12-29-17)13-25-11-5-8-16(25)15-7-4-10-24(15)2/h4,6-7,9-10,12,16,19H,3,5,8,11,13H2,1-2H3,(H2,22,23,27)/p+1/t16-,19+/m1/s1. The maximum Gasteiger partial charge on any atom is 0.338 e. The number of ether oxygens (including phenoxy) is 1. The van der Waals surface area contributed by atoms with Crippen molar-refractivity contribution in [1.29, 1.82) is 0 Å². The highest BCUT2D eigenvalue weighted by molar-refractivity contribution is 5.95. The fourth-order valence-corrected chi connectivity index (χ4v) is 4.42. The first-order valence-corrected chi connectivity index (χ1v) is 10.0. The minimum absolute atomic E-state index is 0.261. The van der Waals surface area contributed by atoms with E-state index in [1.165, 1.54) is 16.9 Å². The number of esters is 1. The highest BCUT2D eigenvalue weighted by atomic mass is 16.5. The van der Waals surface area contributed by atoms with E-state index < -0.39 is 12.0 Å². The average Bonchev–Trinajstić information content (AvgIpc) is 3.43. The molecule has 1 saturated heterocycles. The van der Waals surface area contributed by atoms with E-state index in [1.807, 2.05) is 19.3 Å². The van der Waals surface area contributed by atoms with E-state index >= 15 is 0 Å². The van der Waals surface area contributed by atoms with Gasteiger partial charge in [0.25, 0.3) is 0 Å². The molecule has 0 saturated carbocycles. The van der Waals surface area contributed by atoms with Gasteiger partial charge in [0.1, 0.15) is 24.4 Å². The molecule has 2 amide bonds. The normalized spacial score (nSPS) is 24.3. The highest BCUT2D eigenvalue weighted by Crippen LogP contribution is 2.28. The lowest BCUT2D eigenvalue weighted by Crippen LogP contribution is -3.10. The Morgan fingerprint density at radius 2 is 2.24 bits per heavy atom. The molecule has 29 heavy (non-hydrogen) atoms. The third-order valence-corrected chi connectivity index (χ3v) is 5.70. The van der Waals surface area contributed by atoms with E-state index in [9.17, 15) is 9.59 Å². The Bertz CT molecular complexity index is 915. The van der Waals surface area contributed by atoms with Crippen molar-refractivity contribution >= 4 is 12.0 Å². The number of rotatable bonds is 6. The van der Waals surface area contributed by atoms with Crippen LogP contribution in [0.2, 0.25) is 0 Å². The Hall–Kier alpha value is -3.00. The van der Waals surface area contributed by atoms with Crippen LogP contribution in [0.25, 0.3) is 0 Å². The second-order valence-corrected chi connectivity index (χ2v) is 7.48. The van der Waals surface area contributed by atoms with Gasteiger partial charge in [-0.2, -0.15) is 0 Å². The van der Waals surface area contributed by atoms with Crippen LogP contribution in [0.15, 0.2) is 52.4 Å². The molecule has 2 aromatic rings. The SMILES string of the molecule is CCOC(=O)C1=C(C[NH+]2CCC[C@@H]2c2cccn2C)NC(=O)N[C@H]1c1ccco1. The fourth-order valence-electron chi connectivity index (χ4n) is 4.42. The van der Waals surface area contributed by atoms with Gasteiger partial charge in [0.05, 0.1) is 36.4 Å². The van der Waals surface area contributed by atoms with E-state index in [2.05, 4.69) is 21.3 Å². The van der Waals surface area contributed by atoms with Gasteiger partial charge in [0.15, 0.2) is 0 Å². The summed E-state index contributed by atoms with van der Waals surface area (Å²) in [4.78, 5) is 26.5. The van der Waals surface area contributed by atoms with Gasteiger partial charge >= 0.3 is 12.0 Å². The largest absolute Gasteiger partial charge is 0.467 e. The van der Waals surface area contributed by atoms with Crippen molar-refractivity contribution in [2.24, 2.45) is 7.05 Å². The maximum atomic E-state index is 12.8. The average molecular weight is 399 g/mol. The Balaban J connectivity index is 1.69. The lowest BCUT2D eigenvalue weighted by atomic mass is 9.99. The van der Waals surface area contributed by atoms with Crippen LogP contribution in [-0.2, 0) is 16.6 Å². The van der Waals surface area contributed by atoms with E-state index in [0.29, 0.717) is 29.6 Å². The van der Waals surface area contributed by atoms with Gasteiger partial charge in [-0.15, -0.1) is 0 Å². The predicted octanol–water partition coefficient (Wildman–Crippen LogP) is 1.21. The van der Waals surface area contributed by atoms with Gasteiger partial charge in [-0.3, -0.25) is 0 Å². The molecule has 8 heteroatoms. The highest BCUT2D eigenvalue weighted by Gasteiger charge is 2.39. The lowest BCUT2D eigenvalue weighted by molar-refractivity contribution is -0.914. The van der Waals surface area contributed by atoms with Crippen LogP contribution < -0.4 is 15.5 Å². The Morgan fingerprint density at radius 1 is 1.38 bits per heavy atom. The first-order chi connectivity index (χ1) is 14.1. The Kier molecular flexibility index (Phi) is 5.44. The maximum absolute atomic E-state index is 12.8. The van der Waals surface area contributed by atoms with E-state index in [1.54, 1.807) is 19.1 Å². The van der Waals surface area contributed by atoms with Gasteiger partial charge < -0.3 is 29.3 Å². The van der Waals surface area contributed by atoms with Crippen molar-refractivity contribution < 1.29 is 23.6 Å². The molecule has 0 spiro atoms. The Labute approximate surface area is 169 Å². The summed E-state index contributed by atoms with van der Waals surface area (Å²) in [7, 11) is 2.05. The summed E-state index contributed by atoms with van der Waals surface area (Å²) in [6.07, 6.45) is 5.75. The van der Waals surface area contributed by atoms with Gasteiger partial charge in [-0.25, -0.2) is 9.59 Å². The van der Waals surface area contributed by atoms with Crippen molar-refractivity contribution in [2.75, 3.05) is 19.7 Å². The fraction of sp³-hybridized carbons (Fsp3) is 0.429. The van der Waals surface area contributed by atoms with Crippen molar-refractivity contribution in [2.45, 2.75) is 31.8 Å². The number of carbonyl (C=O) groups excluding carboxylic acids is 2. The summed E-state index contributed by atoms with van der Waals surface area (Å²) < 4.78 is 13.0. The van der Waals surface area contributed by atoms with Crippen molar-refractivity contribution in [3.05, 3.63) is 59.4 Å². The molecular weight excluding hydrogens is 372 g/mol. The second-order valence-electron chi connectivity index (χ2n) is 7.48. The minimum atomic E-state index is -0.664. The number of quaternary nitrogens is 1. The van der Waals surface area contributed by atoms with E-state index in [4.69, 9.17) is 9.15 Å². The number of nitrogens with zero attached hydrogens (tertiary/aromatic N) is 1. The van der Waals surface area contributed by atoms with Crippen LogP contribution in [0.1, 0.15) is 43.3 Å². The molecule has 4 heterocycles. The van der Waals surface area contributed by atoms with Crippen molar-refractivity contribution in [1.82, 2.24) is 15.2 Å². The molecule has 3 atom stereocenters. The number of hydrogen-bond acceptors (Lipinski definition) is 4. The molecule has 2 aromatic heterocycles. The summed E-state index contributed by atoms with van der Waals surface area (Å²) >= 11 is 0. The first-order valence-electron chi connectivity index (χ1n) is 10.0. The topological polar surface area (TPSA) is 89.9 Å². The smallest absolute Gasteiger partial charge is 0.338 e. The molecule has 0 radical (unpaired) electrons. The molecule has 2 aliphatic rings. The van der Waals surface area contributed by atoms with Gasteiger partial charge in [-0.1, -0.05) is 0 Å². The van der Waals surface area contributed by atoms with E-state index in [-0.39, 0.29) is 12.6 Å². The van der Waals surface area contributed by atoms with Crippen molar-refractivity contribution in [3.8, 4) is 0 Å². The van der Waals surface area contributed by atoms with Gasteiger partial charge in [0.2, 0.25) is 0 Å². The summed E-state index contributed by atoms with van der Waals surface area (Å²) in [5.74, 6) is 0.0706. The van der Waals surface area contributed by atoms with Crippen LogP contribution in [0, 0.1) is 0 Å². The third-order valence-electron chi connectivity index (χ3n) is 5.70. The molecule has 4 rings (SSSR count). The number of hydrogen-bond donors (Lipinski definition) is 3. The van der Waals surface area contributed by atoms with Crippen LogP contribution in [0.4, 0.5) is 4.79 Å². The summed E-state index contributed by atoms with van der Waals surface area (Å²) in [6.45, 7) is 3.54. The van der Waals surface area contributed by atoms with Crippen LogP contribution in [0.3, 0.4) is 0 Å². The quantitative estimate of drug-likeness (QED) is 0.637. The Morgan fingerprint density at radius 3 is 2.93 bits per heavy atom. The zero-order chi connectivity index (χ0) is 20.4. The third kappa shape index (κ3) is 3.80. The number of urea groups is 1. The number of aromatic nitrogens is 1. The van der Waals surface area contributed by atoms with Gasteiger partial charge in [0, 0.05) is 26.1 Å². The van der Waals surface area contributed by atoms with Crippen LogP contribution in [0.5, 0.6) is 0 Å². The monoisotopic (exact) mass is 399 g/mol. The molecule has 0 aromatic carbocycles. The number of aryl methyl sites for hydroxylation is 1. The first kappa shape index (κ1) is 19.3. The number of carbonyl (C=O) groups is 2.